The summed E-state index contributed by atoms with van der Waals surface area (Å²) >= 11 is 2.22. The summed E-state index contributed by atoms with van der Waals surface area (Å²) in [5, 5.41) is 1.61. The molecule has 0 aromatic rings. The van der Waals surface area contributed by atoms with Gasteiger partial charge in [-0.15, -0.1) is 0 Å². The Labute approximate surface area is 102 Å². The van der Waals surface area contributed by atoms with E-state index < -0.39 is 0 Å². The van der Waals surface area contributed by atoms with Crippen LogP contribution in [-0.4, -0.2) is 10.5 Å². The number of rotatable bonds is 6. The molecule has 1 heteroatoms. The molecule has 0 aliphatic carbocycles. The molecule has 0 fully saturated rings. The van der Waals surface area contributed by atoms with Gasteiger partial charge in [-0.1, -0.05) is 55.4 Å². The predicted molar refractivity (Wildman–Crippen MR) is 74.5 cm³/mol. The van der Waals surface area contributed by atoms with E-state index in [0.29, 0.717) is 0 Å². The van der Waals surface area contributed by atoms with Gasteiger partial charge in [0.15, 0.2) is 0 Å². The van der Waals surface area contributed by atoms with Crippen LogP contribution in [0.25, 0.3) is 0 Å². The van der Waals surface area contributed by atoms with Crippen LogP contribution < -0.4 is 0 Å². The van der Waals surface area contributed by atoms with Crippen molar-refractivity contribution in [1.82, 2.24) is 0 Å². The highest BCUT2D eigenvalue weighted by Gasteiger charge is 2.26. The molecule has 0 heterocycles. The zero-order valence-corrected chi connectivity index (χ0v) is 12.7. The summed E-state index contributed by atoms with van der Waals surface area (Å²) in [4.78, 5) is 0. The van der Waals surface area contributed by atoms with E-state index in [9.17, 15) is 0 Å². The van der Waals surface area contributed by atoms with Crippen molar-refractivity contribution < 1.29 is 0 Å². The highest BCUT2D eigenvalue weighted by molar-refractivity contribution is 8.00. The molecule has 0 aliphatic rings. The van der Waals surface area contributed by atoms with Crippen molar-refractivity contribution in [3.05, 3.63) is 0 Å². The Morgan fingerprint density at radius 1 is 0.467 bits per heavy atom. The van der Waals surface area contributed by atoms with E-state index in [2.05, 4.69) is 67.2 Å². The fourth-order valence-corrected chi connectivity index (χ4v) is 3.97. The van der Waals surface area contributed by atoms with E-state index in [1.807, 2.05) is 0 Å². The molecule has 0 nitrogen and oxygen atoms in total. The van der Waals surface area contributed by atoms with E-state index in [-0.39, 0.29) is 0 Å². The van der Waals surface area contributed by atoms with Gasteiger partial charge >= 0.3 is 0 Å². The van der Waals surface area contributed by atoms with Gasteiger partial charge in [0.1, 0.15) is 0 Å². The first-order chi connectivity index (χ1) is 6.77. The molecule has 0 saturated heterocycles. The normalized spacial score (nSPS) is 13.2. The minimum absolute atomic E-state index is 0.787. The lowest BCUT2D eigenvalue weighted by Gasteiger charge is -2.33. The first-order valence-electron chi connectivity index (χ1n) is 6.42. The Morgan fingerprint density at radius 3 is 0.800 bits per heavy atom. The summed E-state index contributed by atoms with van der Waals surface area (Å²) in [5.74, 6) is 3.15. The second-order valence-electron chi connectivity index (χ2n) is 6.04. The van der Waals surface area contributed by atoms with Crippen molar-refractivity contribution in [3.8, 4) is 0 Å². The van der Waals surface area contributed by atoms with E-state index in [4.69, 9.17) is 0 Å². The molecule has 0 N–H and O–H groups in total. The zero-order chi connectivity index (χ0) is 12.2. The van der Waals surface area contributed by atoms with Crippen molar-refractivity contribution in [2.24, 2.45) is 23.7 Å². The lowest BCUT2D eigenvalue weighted by molar-refractivity contribution is 0.456. The topological polar surface area (TPSA) is 0 Å². The first-order valence-corrected chi connectivity index (χ1v) is 7.37. The van der Waals surface area contributed by atoms with Gasteiger partial charge in [-0.05, 0) is 23.7 Å². The maximum atomic E-state index is 2.36. The van der Waals surface area contributed by atoms with Gasteiger partial charge in [-0.3, -0.25) is 0 Å². The number of hydrogen-bond donors (Lipinski definition) is 0. The summed E-state index contributed by atoms with van der Waals surface area (Å²) in [6.45, 7) is 18.9. The SMILES string of the molecule is CC(C)C(SC(C(C)C)C(C)C)C(C)C. The standard InChI is InChI=1S/C14H30S/c1-9(2)13(10(3)4)15-14(11(5)6)12(7)8/h9-14H,1-8H3. The van der Waals surface area contributed by atoms with Gasteiger partial charge in [0.25, 0.3) is 0 Å². The van der Waals surface area contributed by atoms with Crippen molar-refractivity contribution >= 4 is 11.8 Å². The second kappa shape index (κ2) is 6.83. The minimum atomic E-state index is 0.787. The monoisotopic (exact) mass is 230 g/mol. The maximum Gasteiger partial charge on any atom is 0.00960 e. The van der Waals surface area contributed by atoms with Crippen molar-refractivity contribution in [3.63, 3.8) is 0 Å². The molecular weight excluding hydrogens is 200 g/mol. The molecule has 0 atom stereocenters. The second-order valence-corrected chi connectivity index (χ2v) is 7.40. The van der Waals surface area contributed by atoms with Gasteiger partial charge in [0.05, 0.1) is 0 Å². The summed E-state index contributed by atoms with van der Waals surface area (Å²) in [6.07, 6.45) is 0. The molecule has 0 bridgehead atoms. The van der Waals surface area contributed by atoms with E-state index >= 15 is 0 Å². The Hall–Kier alpha value is 0.350. The molecular formula is C14H30S. The Bertz CT molecular complexity index is 125. The molecule has 0 unspecified atom stereocenters. The average Bonchev–Trinajstić information content (AvgIpc) is 2.01. The molecule has 0 amide bonds. The van der Waals surface area contributed by atoms with Crippen LogP contribution in [0.4, 0.5) is 0 Å². The zero-order valence-electron chi connectivity index (χ0n) is 11.9. The third kappa shape index (κ3) is 5.29. The van der Waals surface area contributed by atoms with Crippen LogP contribution in [0.2, 0.25) is 0 Å². The minimum Gasteiger partial charge on any atom is -0.154 e. The van der Waals surface area contributed by atoms with Gasteiger partial charge < -0.3 is 0 Å². The lowest BCUT2D eigenvalue weighted by Crippen LogP contribution is -2.27. The van der Waals surface area contributed by atoms with Crippen LogP contribution in [-0.2, 0) is 0 Å². The van der Waals surface area contributed by atoms with Crippen LogP contribution in [0.1, 0.15) is 55.4 Å². The number of thioether (sulfide) groups is 1. The average molecular weight is 230 g/mol. The number of hydrogen-bond acceptors (Lipinski definition) is 1. The Kier molecular flexibility index (Phi) is 6.99. The smallest absolute Gasteiger partial charge is 0.00960 e. The van der Waals surface area contributed by atoms with Crippen molar-refractivity contribution in [2.45, 2.75) is 65.9 Å². The summed E-state index contributed by atoms with van der Waals surface area (Å²) in [7, 11) is 0. The van der Waals surface area contributed by atoms with E-state index in [1.165, 1.54) is 0 Å². The molecule has 0 aliphatic heterocycles. The Balaban J connectivity index is 4.48. The fraction of sp³-hybridized carbons (Fsp3) is 1.00. The molecule has 0 spiro atoms. The fourth-order valence-electron chi connectivity index (χ4n) is 2.35. The summed E-state index contributed by atoms with van der Waals surface area (Å²) < 4.78 is 0. The van der Waals surface area contributed by atoms with E-state index in [0.717, 1.165) is 34.2 Å². The van der Waals surface area contributed by atoms with Crippen molar-refractivity contribution in [1.29, 1.82) is 0 Å². The van der Waals surface area contributed by atoms with Gasteiger partial charge in [-0.25, -0.2) is 0 Å². The molecule has 0 aromatic heterocycles. The quantitative estimate of drug-likeness (QED) is 0.613. The highest BCUT2D eigenvalue weighted by Crippen LogP contribution is 2.36. The molecule has 0 radical (unpaired) electrons. The summed E-state index contributed by atoms with van der Waals surface area (Å²) in [5.41, 5.74) is 0. The van der Waals surface area contributed by atoms with Gasteiger partial charge in [-0.2, -0.15) is 11.8 Å². The first kappa shape index (κ1) is 15.3. The molecule has 92 valence electrons. The maximum absolute atomic E-state index is 2.36. The third-order valence-electron chi connectivity index (χ3n) is 2.94. The lowest BCUT2D eigenvalue weighted by atomic mass is 9.99. The third-order valence-corrected chi connectivity index (χ3v) is 5.75. The van der Waals surface area contributed by atoms with Crippen LogP contribution in [0.15, 0.2) is 0 Å². The Morgan fingerprint density at radius 2 is 0.667 bits per heavy atom. The molecule has 0 saturated carbocycles. The molecule has 15 heavy (non-hydrogen) atoms. The summed E-state index contributed by atoms with van der Waals surface area (Å²) in [6, 6.07) is 0. The highest BCUT2D eigenvalue weighted by atomic mass is 32.2. The van der Waals surface area contributed by atoms with Crippen molar-refractivity contribution in [2.75, 3.05) is 0 Å². The predicted octanol–water partition coefficient (Wildman–Crippen LogP) is 5.08. The molecule has 0 aromatic carbocycles. The van der Waals surface area contributed by atoms with Gasteiger partial charge in [0, 0.05) is 10.5 Å². The van der Waals surface area contributed by atoms with Crippen LogP contribution in [0.5, 0.6) is 0 Å². The van der Waals surface area contributed by atoms with E-state index in [1.54, 1.807) is 0 Å². The van der Waals surface area contributed by atoms with Gasteiger partial charge in [0.2, 0.25) is 0 Å². The van der Waals surface area contributed by atoms with Crippen LogP contribution in [0, 0.1) is 23.7 Å². The largest absolute Gasteiger partial charge is 0.154 e. The van der Waals surface area contributed by atoms with Crippen LogP contribution in [0.3, 0.4) is 0 Å². The molecule has 0 rings (SSSR count). The van der Waals surface area contributed by atoms with Crippen LogP contribution >= 0.6 is 11.8 Å².